The molecule has 2 nitrogen and oxygen atoms in total. The summed E-state index contributed by atoms with van der Waals surface area (Å²) in [5.74, 6) is -1.43. The normalized spacial score (nSPS) is 11.4. The molecule has 0 radical (unpaired) electrons. The molecular weight excluding hydrogens is 202 g/mol. The lowest BCUT2D eigenvalue weighted by Gasteiger charge is -2.09. The van der Waals surface area contributed by atoms with Crippen LogP contribution >= 0.6 is 0 Å². The highest BCUT2D eigenvalue weighted by Crippen LogP contribution is 2.32. The summed E-state index contributed by atoms with van der Waals surface area (Å²) in [6, 6.07) is 2.74. The van der Waals surface area contributed by atoms with Gasteiger partial charge in [-0.3, -0.25) is 0 Å². The number of nitroso groups, excluding NO2 is 1. The molecule has 0 N–H and O–H groups in total. The zero-order valence-corrected chi connectivity index (χ0v) is 6.81. The molecule has 0 saturated carbocycles. The maximum absolute atomic E-state index is 13.0. The van der Waals surface area contributed by atoms with E-state index in [4.69, 9.17) is 0 Å². The molecular formula is C8H5F4NO. The molecule has 0 aliphatic carbocycles. The Balaban J connectivity index is 3.20. The first-order valence-electron chi connectivity index (χ1n) is 3.60. The van der Waals surface area contributed by atoms with E-state index in [1.807, 2.05) is 0 Å². The Bertz CT molecular complexity index is 348. The Labute approximate surface area is 76.5 Å². The smallest absolute Gasteiger partial charge is 0.206 e. The van der Waals surface area contributed by atoms with E-state index in [1.54, 1.807) is 0 Å². The third-order valence-electron chi connectivity index (χ3n) is 1.62. The first-order chi connectivity index (χ1) is 6.46. The lowest BCUT2D eigenvalue weighted by atomic mass is 10.1. The quantitative estimate of drug-likeness (QED) is 0.541. The molecule has 0 aromatic heterocycles. The van der Waals surface area contributed by atoms with Crippen LogP contribution in [0.2, 0.25) is 0 Å². The van der Waals surface area contributed by atoms with Gasteiger partial charge >= 0.3 is 6.18 Å². The van der Waals surface area contributed by atoms with Crippen molar-refractivity contribution in [2.45, 2.75) is 12.7 Å². The van der Waals surface area contributed by atoms with Gasteiger partial charge in [-0.05, 0) is 6.07 Å². The molecule has 0 heterocycles. The standard InChI is InChI=1S/C8H5F4NO/c9-7-5(4-13-14)2-1-3-6(7)8(10,11)12/h1-3H,4H2. The van der Waals surface area contributed by atoms with Crippen molar-refractivity contribution >= 4 is 0 Å². The molecule has 0 aliphatic heterocycles. The molecule has 6 heteroatoms. The van der Waals surface area contributed by atoms with Gasteiger partial charge in [0.2, 0.25) is 0 Å². The second kappa shape index (κ2) is 3.73. The highest BCUT2D eigenvalue weighted by atomic mass is 19.4. The van der Waals surface area contributed by atoms with Gasteiger partial charge in [0.15, 0.2) is 0 Å². The number of alkyl halides is 3. The first-order valence-corrected chi connectivity index (χ1v) is 3.60. The van der Waals surface area contributed by atoms with Crippen molar-refractivity contribution in [3.05, 3.63) is 40.1 Å². The highest BCUT2D eigenvalue weighted by Gasteiger charge is 2.34. The van der Waals surface area contributed by atoms with E-state index in [2.05, 4.69) is 5.18 Å². The van der Waals surface area contributed by atoms with E-state index >= 15 is 0 Å². The Hall–Kier alpha value is -1.46. The summed E-state index contributed by atoms with van der Waals surface area (Å²) in [6.07, 6.45) is -4.75. The van der Waals surface area contributed by atoms with Crippen LogP contribution in [0.4, 0.5) is 17.6 Å². The van der Waals surface area contributed by atoms with Crippen LogP contribution in [0.3, 0.4) is 0 Å². The molecule has 14 heavy (non-hydrogen) atoms. The molecule has 0 fully saturated rings. The van der Waals surface area contributed by atoms with Gasteiger partial charge in [-0.15, -0.1) is 0 Å². The van der Waals surface area contributed by atoms with Crippen LogP contribution in [0.5, 0.6) is 0 Å². The molecule has 0 amide bonds. The number of rotatable bonds is 2. The fraction of sp³-hybridized carbons (Fsp3) is 0.250. The Kier molecular flexibility index (Phi) is 2.83. The van der Waals surface area contributed by atoms with Gasteiger partial charge in [0, 0.05) is 5.56 Å². The second-order valence-electron chi connectivity index (χ2n) is 2.56. The van der Waals surface area contributed by atoms with E-state index in [1.165, 1.54) is 0 Å². The molecule has 0 atom stereocenters. The summed E-state index contributed by atoms with van der Waals surface area (Å²) in [7, 11) is 0. The van der Waals surface area contributed by atoms with Crippen LogP contribution in [0.25, 0.3) is 0 Å². The molecule has 1 aromatic rings. The highest BCUT2D eigenvalue weighted by molar-refractivity contribution is 5.28. The molecule has 76 valence electrons. The van der Waals surface area contributed by atoms with Crippen molar-refractivity contribution in [3.8, 4) is 0 Å². The summed E-state index contributed by atoms with van der Waals surface area (Å²) in [5.41, 5.74) is -1.73. The van der Waals surface area contributed by atoms with Gasteiger partial charge < -0.3 is 0 Å². The van der Waals surface area contributed by atoms with Crippen LogP contribution in [-0.4, -0.2) is 0 Å². The van der Waals surface area contributed by atoms with Crippen LogP contribution in [0.1, 0.15) is 11.1 Å². The maximum Gasteiger partial charge on any atom is 0.419 e. The van der Waals surface area contributed by atoms with Gasteiger partial charge in [0.25, 0.3) is 0 Å². The number of hydrogen-bond acceptors (Lipinski definition) is 2. The monoisotopic (exact) mass is 207 g/mol. The molecule has 0 unspecified atom stereocenters. The van der Waals surface area contributed by atoms with Crippen molar-refractivity contribution in [3.63, 3.8) is 0 Å². The minimum Gasteiger partial charge on any atom is -0.206 e. The van der Waals surface area contributed by atoms with Gasteiger partial charge in [-0.25, -0.2) is 4.39 Å². The van der Waals surface area contributed by atoms with Gasteiger partial charge in [-0.2, -0.15) is 18.1 Å². The summed E-state index contributed by atoms with van der Waals surface area (Å²) in [5, 5.41) is 2.33. The largest absolute Gasteiger partial charge is 0.419 e. The molecule has 0 bridgehead atoms. The number of hydrogen-bond donors (Lipinski definition) is 0. The zero-order chi connectivity index (χ0) is 10.8. The van der Waals surface area contributed by atoms with Crippen molar-refractivity contribution in [1.29, 1.82) is 0 Å². The summed E-state index contributed by atoms with van der Waals surface area (Å²) >= 11 is 0. The predicted octanol–water partition coefficient (Wildman–Crippen LogP) is 3.11. The minimum atomic E-state index is -4.75. The summed E-state index contributed by atoms with van der Waals surface area (Å²) < 4.78 is 49.4. The van der Waals surface area contributed by atoms with Crippen molar-refractivity contribution in [2.75, 3.05) is 0 Å². The van der Waals surface area contributed by atoms with Crippen LogP contribution in [-0.2, 0) is 12.7 Å². The van der Waals surface area contributed by atoms with Crippen LogP contribution in [0.15, 0.2) is 23.4 Å². The summed E-state index contributed by atoms with van der Waals surface area (Å²) in [6.45, 7) is -0.601. The molecule has 0 spiro atoms. The van der Waals surface area contributed by atoms with Gasteiger partial charge in [0.1, 0.15) is 12.4 Å². The van der Waals surface area contributed by atoms with Crippen LogP contribution < -0.4 is 0 Å². The number of nitrogens with zero attached hydrogens (tertiary/aromatic N) is 1. The third kappa shape index (κ3) is 2.07. The molecule has 0 saturated heterocycles. The Morgan fingerprint density at radius 1 is 1.29 bits per heavy atom. The van der Waals surface area contributed by atoms with Crippen LogP contribution in [0, 0.1) is 10.7 Å². The average Bonchev–Trinajstić information content (AvgIpc) is 2.07. The van der Waals surface area contributed by atoms with Crippen molar-refractivity contribution < 1.29 is 17.6 Å². The lowest BCUT2D eigenvalue weighted by molar-refractivity contribution is -0.140. The molecule has 1 rings (SSSR count). The van der Waals surface area contributed by atoms with E-state index < -0.39 is 24.1 Å². The minimum absolute atomic E-state index is 0.352. The molecule has 0 aliphatic rings. The number of benzene rings is 1. The van der Waals surface area contributed by atoms with Gasteiger partial charge in [-0.1, -0.05) is 17.3 Å². The average molecular weight is 207 g/mol. The van der Waals surface area contributed by atoms with E-state index in [0.29, 0.717) is 6.07 Å². The number of halogens is 4. The third-order valence-corrected chi connectivity index (χ3v) is 1.62. The van der Waals surface area contributed by atoms with Gasteiger partial charge in [0.05, 0.1) is 5.56 Å². The topological polar surface area (TPSA) is 29.4 Å². The van der Waals surface area contributed by atoms with E-state index in [-0.39, 0.29) is 5.56 Å². The zero-order valence-electron chi connectivity index (χ0n) is 6.81. The van der Waals surface area contributed by atoms with Crippen molar-refractivity contribution in [2.24, 2.45) is 5.18 Å². The second-order valence-corrected chi connectivity index (χ2v) is 2.56. The van der Waals surface area contributed by atoms with E-state index in [9.17, 15) is 22.5 Å². The predicted molar refractivity (Wildman–Crippen MR) is 40.9 cm³/mol. The SMILES string of the molecule is O=NCc1cccc(C(F)(F)F)c1F. The van der Waals surface area contributed by atoms with E-state index in [0.717, 1.165) is 12.1 Å². The fourth-order valence-electron chi connectivity index (χ4n) is 0.990. The molecule has 1 aromatic carbocycles. The maximum atomic E-state index is 13.0. The Morgan fingerprint density at radius 2 is 1.93 bits per heavy atom. The van der Waals surface area contributed by atoms with Crippen molar-refractivity contribution in [1.82, 2.24) is 0 Å². The summed E-state index contributed by atoms with van der Waals surface area (Å²) in [4.78, 5) is 9.79. The Morgan fingerprint density at radius 3 is 2.43 bits per heavy atom. The first kappa shape index (κ1) is 10.6. The fourth-order valence-corrected chi connectivity index (χ4v) is 0.990. The lowest BCUT2D eigenvalue weighted by Crippen LogP contribution is -2.09.